The van der Waals surface area contributed by atoms with E-state index in [9.17, 15) is 18.0 Å². The number of carbonyl (C=O) groups is 1. The van der Waals surface area contributed by atoms with Gasteiger partial charge in [0, 0.05) is 22.6 Å². The fourth-order valence-electron chi connectivity index (χ4n) is 1.48. The summed E-state index contributed by atoms with van der Waals surface area (Å²) in [6, 6.07) is 3.60. The number of anilines is 1. The van der Waals surface area contributed by atoms with Gasteiger partial charge in [0.2, 0.25) is 5.91 Å². The summed E-state index contributed by atoms with van der Waals surface area (Å²) in [7, 11) is 1.70. The summed E-state index contributed by atoms with van der Waals surface area (Å²) >= 11 is 2.84. The van der Waals surface area contributed by atoms with E-state index in [0.717, 1.165) is 6.07 Å². The van der Waals surface area contributed by atoms with E-state index in [0.29, 0.717) is 6.54 Å². The van der Waals surface area contributed by atoms with Crippen LogP contribution in [-0.4, -0.2) is 19.5 Å². The number of benzene rings is 1. The van der Waals surface area contributed by atoms with E-state index in [2.05, 4.69) is 26.6 Å². The lowest BCUT2D eigenvalue weighted by Crippen LogP contribution is -2.28. The highest BCUT2D eigenvalue weighted by molar-refractivity contribution is 9.10. The molecule has 0 aliphatic heterocycles. The van der Waals surface area contributed by atoms with Gasteiger partial charge in [-0.05, 0) is 25.2 Å². The van der Waals surface area contributed by atoms with Gasteiger partial charge in [0.15, 0.2) is 0 Å². The van der Waals surface area contributed by atoms with Crippen LogP contribution in [0.5, 0.6) is 0 Å². The number of hydrogen-bond acceptors (Lipinski definition) is 2. The highest BCUT2D eigenvalue weighted by Crippen LogP contribution is 2.36. The van der Waals surface area contributed by atoms with E-state index in [1.807, 2.05) is 0 Å². The van der Waals surface area contributed by atoms with Gasteiger partial charge in [-0.25, -0.2) is 0 Å². The minimum Gasteiger partial charge on any atom is -0.326 e. The van der Waals surface area contributed by atoms with Gasteiger partial charge in [-0.2, -0.15) is 13.2 Å². The molecule has 0 spiro atoms. The lowest BCUT2D eigenvalue weighted by atomic mass is 10.1. The maximum atomic E-state index is 12.7. The van der Waals surface area contributed by atoms with Crippen LogP contribution >= 0.6 is 15.9 Å². The fraction of sp³-hybridized carbons (Fsp3) is 0.417. The summed E-state index contributed by atoms with van der Waals surface area (Å²) < 4.78 is 38.0. The van der Waals surface area contributed by atoms with Crippen LogP contribution in [-0.2, 0) is 11.0 Å². The molecule has 0 fully saturated rings. The van der Waals surface area contributed by atoms with Gasteiger partial charge in [-0.3, -0.25) is 4.79 Å². The van der Waals surface area contributed by atoms with Crippen molar-refractivity contribution in [3.8, 4) is 0 Å². The zero-order valence-electron chi connectivity index (χ0n) is 10.4. The lowest BCUT2D eigenvalue weighted by Gasteiger charge is -2.14. The Labute approximate surface area is 117 Å². The second-order valence-electron chi connectivity index (χ2n) is 4.14. The van der Waals surface area contributed by atoms with E-state index in [1.165, 1.54) is 12.1 Å². The Hall–Kier alpha value is -1.08. The minimum atomic E-state index is -4.46. The average Bonchev–Trinajstić information content (AvgIpc) is 2.30. The Bertz CT molecular complexity index is 463. The Morgan fingerprint density at radius 3 is 2.58 bits per heavy atom. The number of alkyl halides is 3. The van der Waals surface area contributed by atoms with Crippen molar-refractivity contribution in [3.05, 3.63) is 28.2 Å². The topological polar surface area (TPSA) is 41.1 Å². The number of nitrogens with one attached hydrogen (secondary N) is 2. The molecule has 3 nitrogen and oxygen atoms in total. The Kier molecular flexibility index (Phi) is 5.37. The second-order valence-corrected chi connectivity index (χ2v) is 4.99. The number of hydrogen-bond donors (Lipinski definition) is 2. The first kappa shape index (κ1) is 16.0. The summed E-state index contributed by atoms with van der Waals surface area (Å²) in [5, 5.41) is 5.30. The fourth-order valence-corrected chi connectivity index (χ4v) is 1.96. The van der Waals surface area contributed by atoms with Crippen molar-refractivity contribution in [3.63, 3.8) is 0 Å². The predicted octanol–water partition coefficient (Wildman–Crippen LogP) is 3.26. The number of halogens is 4. The molecule has 2 N–H and O–H groups in total. The first-order valence-corrected chi connectivity index (χ1v) is 6.37. The molecule has 0 aliphatic carbocycles. The Morgan fingerprint density at radius 1 is 1.42 bits per heavy atom. The first-order valence-electron chi connectivity index (χ1n) is 5.58. The molecule has 0 aliphatic rings. The molecular weight excluding hydrogens is 325 g/mol. The standard InChI is InChI=1S/C12H14BrF3N2O/c1-7(6-17-2)11(19)18-8-3-4-10(13)9(5-8)12(14,15)16/h3-5,7,17H,6H2,1-2H3,(H,18,19). The van der Waals surface area contributed by atoms with E-state index in [1.54, 1.807) is 14.0 Å². The largest absolute Gasteiger partial charge is 0.417 e. The zero-order valence-corrected chi connectivity index (χ0v) is 12.0. The molecule has 1 aromatic rings. The summed E-state index contributed by atoms with van der Waals surface area (Å²) in [5.74, 6) is -0.659. The van der Waals surface area contributed by atoms with Gasteiger partial charge in [-0.15, -0.1) is 0 Å². The third-order valence-corrected chi connectivity index (χ3v) is 3.19. The molecule has 0 radical (unpaired) electrons. The molecular formula is C12H14BrF3N2O. The summed E-state index contributed by atoms with van der Waals surface area (Å²) in [4.78, 5) is 11.7. The van der Waals surface area contributed by atoms with Crippen LogP contribution in [0.15, 0.2) is 22.7 Å². The number of amides is 1. The maximum absolute atomic E-state index is 12.7. The molecule has 1 aromatic carbocycles. The van der Waals surface area contributed by atoms with E-state index in [-0.39, 0.29) is 22.0 Å². The number of rotatable bonds is 4. The molecule has 0 heterocycles. The van der Waals surface area contributed by atoms with Crippen LogP contribution in [0.2, 0.25) is 0 Å². The van der Waals surface area contributed by atoms with E-state index < -0.39 is 11.7 Å². The highest BCUT2D eigenvalue weighted by atomic mass is 79.9. The monoisotopic (exact) mass is 338 g/mol. The second kappa shape index (κ2) is 6.38. The van der Waals surface area contributed by atoms with E-state index in [4.69, 9.17) is 0 Å². The van der Waals surface area contributed by atoms with Crippen LogP contribution in [0.25, 0.3) is 0 Å². The van der Waals surface area contributed by atoms with E-state index >= 15 is 0 Å². The van der Waals surface area contributed by atoms with Crippen molar-refractivity contribution in [1.82, 2.24) is 5.32 Å². The quantitative estimate of drug-likeness (QED) is 0.884. The van der Waals surface area contributed by atoms with Crippen LogP contribution in [0, 0.1) is 5.92 Å². The predicted molar refractivity (Wildman–Crippen MR) is 70.9 cm³/mol. The molecule has 106 valence electrons. The van der Waals surface area contributed by atoms with Crippen molar-refractivity contribution >= 4 is 27.5 Å². The maximum Gasteiger partial charge on any atom is 0.417 e. The van der Waals surface area contributed by atoms with Crippen molar-refractivity contribution < 1.29 is 18.0 Å². The van der Waals surface area contributed by atoms with Gasteiger partial charge in [0.25, 0.3) is 0 Å². The number of carbonyl (C=O) groups excluding carboxylic acids is 1. The van der Waals surface area contributed by atoms with Gasteiger partial charge < -0.3 is 10.6 Å². The molecule has 1 rings (SSSR count). The third kappa shape index (κ3) is 4.50. The molecule has 0 bridgehead atoms. The lowest BCUT2D eigenvalue weighted by molar-refractivity contribution is -0.138. The van der Waals surface area contributed by atoms with Crippen molar-refractivity contribution in [2.75, 3.05) is 18.9 Å². The molecule has 0 aromatic heterocycles. The first-order chi connectivity index (χ1) is 8.75. The minimum absolute atomic E-state index is 0.0544. The Morgan fingerprint density at radius 2 is 2.05 bits per heavy atom. The highest BCUT2D eigenvalue weighted by Gasteiger charge is 2.33. The molecule has 7 heteroatoms. The summed E-state index contributed by atoms with van der Waals surface area (Å²) in [5.41, 5.74) is -0.685. The van der Waals surface area contributed by atoms with Gasteiger partial charge >= 0.3 is 6.18 Å². The van der Waals surface area contributed by atoms with Crippen molar-refractivity contribution in [2.45, 2.75) is 13.1 Å². The molecule has 19 heavy (non-hydrogen) atoms. The Balaban J connectivity index is 2.89. The van der Waals surface area contributed by atoms with Gasteiger partial charge in [0.1, 0.15) is 0 Å². The normalized spacial score (nSPS) is 13.2. The van der Waals surface area contributed by atoms with Gasteiger partial charge in [0.05, 0.1) is 5.56 Å². The smallest absolute Gasteiger partial charge is 0.326 e. The van der Waals surface area contributed by atoms with Crippen LogP contribution in [0.3, 0.4) is 0 Å². The third-order valence-electron chi connectivity index (χ3n) is 2.50. The summed E-state index contributed by atoms with van der Waals surface area (Å²) in [6.07, 6.45) is -4.46. The molecule has 0 saturated heterocycles. The van der Waals surface area contributed by atoms with Crippen molar-refractivity contribution in [1.29, 1.82) is 0 Å². The van der Waals surface area contributed by atoms with Crippen LogP contribution in [0.1, 0.15) is 12.5 Å². The molecule has 1 unspecified atom stereocenters. The van der Waals surface area contributed by atoms with Crippen molar-refractivity contribution in [2.24, 2.45) is 5.92 Å². The SMILES string of the molecule is CNCC(C)C(=O)Nc1ccc(Br)c(C(F)(F)F)c1. The summed E-state index contributed by atoms with van der Waals surface area (Å²) in [6.45, 7) is 2.14. The molecule has 0 saturated carbocycles. The molecule has 1 atom stereocenters. The molecule has 1 amide bonds. The van der Waals surface area contributed by atoms with Crippen LogP contribution in [0.4, 0.5) is 18.9 Å². The van der Waals surface area contributed by atoms with Crippen LogP contribution < -0.4 is 10.6 Å². The zero-order chi connectivity index (χ0) is 14.6. The van der Waals surface area contributed by atoms with Gasteiger partial charge in [-0.1, -0.05) is 22.9 Å². The average molecular weight is 339 g/mol.